The maximum Gasteiger partial charge on any atom is 0.335 e. The summed E-state index contributed by atoms with van der Waals surface area (Å²) in [6, 6.07) is 19.8. The minimum atomic E-state index is -0.653. The smallest absolute Gasteiger partial charge is 0.335 e. The van der Waals surface area contributed by atoms with E-state index in [-0.39, 0.29) is 12.1 Å². The molecule has 0 radical (unpaired) electrons. The zero-order valence-electron chi connectivity index (χ0n) is 14.2. The molecule has 1 unspecified atom stereocenters. The van der Waals surface area contributed by atoms with Crippen LogP contribution in [0.4, 0.5) is 0 Å². The Kier molecular flexibility index (Phi) is 5.56. The molecule has 3 nitrogen and oxygen atoms in total. The summed E-state index contributed by atoms with van der Waals surface area (Å²) >= 11 is 0. The summed E-state index contributed by atoms with van der Waals surface area (Å²) in [5.74, 6) is -0.352. The molecule has 0 amide bonds. The van der Waals surface area contributed by atoms with E-state index in [1.54, 1.807) is 6.92 Å². The molecule has 122 valence electrons. The van der Waals surface area contributed by atoms with Crippen LogP contribution >= 0.6 is 0 Å². The maximum absolute atomic E-state index is 12.2. The van der Waals surface area contributed by atoms with Gasteiger partial charge in [0.2, 0.25) is 0 Å². The molecule has 0 fully saturated rings. The molecule has 0 aliphatic carbocycles. The zero-order valence-corrected chi connectivity index (χ0v) is 14.2. The van der Waals surface area contributed by atoms with E-state index in [2.05, 4.69) is 0 Å². The average molecular weight is 312 g/mol. The van der Waals surface area contributed by atoms with Crippen molar-refractivity contribution in [2.75, 3.05) is 0 Å². The average Bonchev–Trinajstić information content (AvgIpc) is 2.52. The van der Waals surface area contributed by atoms with Gasteiger partial charge < -0.3 is 9.47 Å². The van der Waals surface area contributed by atoms with Gasteiger partial charge in [-0.15, -0.1) is 0 Å². The van der Waals surface area contributed by atoms with E-state index >= 15 is 0 Å². The first kappa shape index (κ1) is 17.2. The van der Waals surface area contributed by atoms with Crippen LogP contribution in [0.5, 0.6) is 0 Å². The van der Waals surface area contributed by atoms with E-state index in [1.165, 1.54) is 0 Å². The predicted octanol–water partition coefficient (Wildman–Crippen LogP) is 4.52. The van der Waals surface area contributed by atoms with Crippen LogP contribution in [0.2, 0.25) is 0 Å². The highest BCUT2D eigenvalue weighted by Crippen LogP contribution is 2.27. The van der Waals surface area contributed by atoms with Crippen molar-refractivity contribution in [3.8, 4) is 0 Å². The van der Waals surface area contributed by atoms with E-state index in [4.69, 9.17) is 9.47 Å². The first-order valence-corrected chi connectivity index (χ1v) is 7.85. The van der Waals surface area contributed by atoms with Gasteiger partial charge in [0.15, 0.2) is 6.10 Å². The lowest BCUT2D eigenvalue weighted by molar-refractivity contribution is -0.169. The molecule has 0 aromatic heterocycles. The Morgan fingerprint density at radius 3 is 1.70 bits per heavy atom. The molecule has 3 heteroatoms. The lowest BCUT2D eigenvalue weighted by Gasteiger charge is -2.26. The summed E-state index contributed by atoms with van der Waals surface area (Å²) in [6.07, 6.45) is -0.959. The second-order valence-corrected chi connectivity index (χ2v) is 6.51. The van der Waals surface area contributed by atoms with Crippen LogP contribution in [-0.2, 0) is 14.3 Å². The highest BCUT2D eigenvalue weighted by Gasteiger charge is 2.26. The molecular weight excluding hydrogens is 288 g/mol. The summed E-state index contributed by atoms with van der Waals surface area (Å²) in [5.41, 5.74) is 1.49. The molecule has 0 spiro atoms. The van der Waals surface area contributed by atoms with Crippen molar-refractivity contribution in [1.82, 2.24) is 0 Å². The third-order valence-corrected chi connectivity index (χ3v) is 3.28. The van der Waals surface area contributed by atoms with Crippen molar-refractivity contribution in [3.05, 3.63) is 71.8 Å². The highest BCUT2D eigenvalue weighted by atomic mass is 16.6. The summed E-state index contributed by atoms with van der Waals surface area (Å²) in [4.78, 5) is 12.2. The topological polar surface area (TPSA) is 35.5 Å². The Morgan fingerprint density at radius 2 is 1.30 bits per heavy atom. The molecule has 0 aliphatic heterocycles. The van der Waals surface area contributed by atoms with E-state index in [0.29, 0.717) is 0 Å². The molecule has 2 rings (SSSR count). The quantitative estimate of drug-likeness (QED) is 0.761. The number of ether oxygens (including phenoxy) is 2. The standard InChI is InChI=1S/C20H24O3/c1-15(19(21)23-20(2,3)4)22-18(16-11-7-5-8-12-16)17-13-9-6-10-14-17/h5-15,18H,1-4H3. The number of hydrogen-bond acceptors (Lipinski definition) is 3. The summed E-state index contributed by atoms with van der Waals surface area (Å²) in [6.45, 7) is 7.28. The Balaban J connectivity index is 2.21. The van der Waals surface area contributed by atoms with E-state index < -0.39 is 11.7 Å². The van der Waals surface area contributed by atoms with Gasteiger partial charge >= 0.3 is 5.97 Å². The number of benzene rings is 2. The van der Waals surface area contributed by atoms with E-state index in [9.17, 15) is 4.79 Å². The number of esters is 1. The Bertz CT molecular complexity index is 575. The molecule has 0 N–H and O–H groups in total. The first-order chi connectivity index (χ1) is 10.9. The van der Waals surface area contributed by atoms with Crippen LogP contribution in [0.15, 0.2) is 60.7 Å². The maximum atomic E-state index is 12.2. The molecule has 2 aromatic rings. The lowest BCUT2D eigenvalue weighted by Crippen LogP contribution is -2.32. The van der Waals surface area contributed by atoms with Crippen molar-refractivity contribution >= 4 is 5.97 Å². The summed E-state index contributed by atoms with van der Waals surface area (Å²) < 4.78 is 11.5. The minimum absolute atomic E-state index is 0.306. The minimum Gasteiger partial charge on any atom is -0.458 e. The third-order valence-electron chi connectivity index (χ3n) is 3.28. The Morgan fingerprint density at radius 1 is 0.870 bits per heavy atom. The Hall–Kier alpha value is -2.13. The molecule has 0 aliphatic rings. The predicted molar refractivity (Wildman–Crippen MR) is 91.1 cm³/mol. The number of carbonyl (C=O) groups is 1. The Labute approximate surface area is 138 Å². The van der Waals surface area contributed by atoms with Gasteiger partial charge in [0.05, 0.1) is 0 Å². The van der Waals surface area contributed by atoms with Gasteiger partial charge in [0, 0.05) is 0 Å². The summed E-state index contributed by atoms with van der Waals surface area (Å²) in [7, 11) is 0. The van der Waals surface area contributed by atoms with Gasteiger partial charge in [0.25, 0.3) is 0 Å². The number of rotatable bonds is 5. The van der Waals surface area contributed by atoms with Crippen LogP contribution in [-0.4, -0.2) is 17.7 Å². The van der Waals surface area contributed by atoms with Crippen molar-refractivity contribution in [2.24, 2.45) is 0 Å². The van der Waals surface area contributed by atoms with Gasteiger partial charge in [-0.05, 0) is 38.8 Å². The summed E-state index contributed by atoms with van der Waals surface area (Å²) in [5, 5.41) is 0. The number of hydrogen-bond donors (Lipinski definition) is 0. The van der Waals surface area contributed by atoms with Crippen molar-refractivity contribution in [1.29, 1.82) is 0 Å². The molecule has 1 atom stereocenters. The molecule has 23 heavy (non-hydrogen) atoms. The molecular formula is C20H24O3. The molecule has 0 saturated heterocycles. The van der Waals surface area contributed by atoms with Crippen LogP contribution in [0.1, 0.15) is 44.9 Å². The second kappa shape index (κ2) is 7.42. The van der Waals surface area contributed by atoms with Crippen molar-refractivity contribution in [3.63, 3.8) is 0 Å². The third kappa shape index (κ3) is 5.22. The van der Waals surface area contributed by atoms with Gasteiger partial charge in [-0.25, -0.2) is 4.79 Å². The van der Waals surface area contributed by atoms with Gasteiger partial charge in [-0.2, -0.15) is 0 Å². The normalized spacial score (nSPS) is 12.9. The van der Waals surface area contributed by atoms with Crippen molar-refractivity contribution in [2.45, 2.75) is 45.5 Å². The highest BCUT2D eigenvalue weighted by molar-refractivity contribution is 5.74. The zero-order chi connectivity index (χ0) is 16.9. The fourth-order valence-electron chi connectivity index (χ4n) is 2.25. The molecule has 0 saturated carbocycles. The fourth-order valence-corrected chi connectivity index (χ4v) is 2.25. The molecule has 2 aromatic carbocycles. The van der Waals surface area contributed by atoms with Gasteiger partial charge in [0.1, 0.15) is 11.7 Å². The lowest BCUT2D eigenvalue weighted by atomic mass is 10.0. The number of carbonyl (C=O) groups excluding carboxylic acids is 1. The largest absolute Gasteiger partial charge is 0.458 e. The SMILES string of the molecule is CC(OC(c1ccccc1)c1ccccc1)C(=O)OC(C)(C)C. The van der Waals surface area contributed by atoms with Crippen LogP contribution in [0.3, 0.4) is 0 Å². The van der Waals surface area contributed by atoms with Crippen LogP contribution in [0, 0.1) is 0 Å². The monoisotopic (exact) mass is 312 g/mol. The molecule has 0 bridgehead atoms. The molecule has 0 heterocycles. The second-order valence-electron chi connectivity index (χ2n) is 6.51. The van der Waals surface area contributed by atoms with Crippen LogP contribution < -0.4 is 0 Å². The van der Waals surface area contributed by atoms with Crippen LogP contribution in [0.25, 0.3) is 0 Å². The van der Waals surface area contributed by atoms with E-state index in [0.717, 1.165) is 11.1 Å². The first-order valence-electron chi connectivity index (χ1n) is 7.85. The van der Waals surface area contributed by atoms with Gasteiger partial charge in [-0.3, -0.25) is 0 Å². The van der Waals surface area contributed by atoms with Crippen molar-refractivity contribution < 1.29 is 14.3 Å². The van der Waals surface area contributed by atoms with Gasteiger partial charge in [-0.1, -0.05) is 60.7 Å². The van der Waals surface area contributed by atoms with E-state index in [1.807, 2.05) is 81.4 Å². The fraction of sp³-hybridized carbons (Fsp3) is 0.350.